The van der Waals surface area contributed by atoms with Crippen LogP contribution in [0.25, 0.3) is 0 Å². The number of morpholine rings is 1. The van der Waals surface area contributed by atoms with E-state index in [-0.39, 0.29) is 12.0 Å². The Labute approximate surface area is 134 Å². The van der Waals surface area contributed by atoms with Crippen molar-refractivity contribution in [1.29, 1.82) is 0 Å². The zero-order valence-corrected chi connectivity index (χ0v) is 13.5. The third kappa shape index (κ3) is 3.19. The second-order valence-corrected chi connectivity index (χ2v) is 5.55. The fourth-order valence-corrected chi connectivity index (χ4v) is 2.73. The first-order valence-electron chi connectivity index (χ1n) is 7.49. The number of rotatable bonds is 3. The summed E-state index contributed by atoms with van der Waals surface area (Å²) in [6, 6.07) is 3.41. The van der Waals surface area contributed by atoms with Gasteiger partial charge >= 0.3 is 0 Å². The summed E-state index contributed by atoms with van der Waals surface area (Å²) in [5.41, 5.74) is 1.48. The Hall–Kier alpha value is -2.41. The SMILES string of the molecule is COc1ccc(C(=O)N2CCO[C@@H](c3nc(C)cn3C)C2)cn1. The number of ether oxygens (including phenoxy) is 2. The number of aryl methyl sites for hydroxylation is 2. The van der Waals surface area contributed by atoms with E-state index in [0.29, 0.717) is 31.1 Å². The smallest absolute Gasteiger partial charge is 0.255 e. The van der Waals surface area contributed by atoms with Crippen LogP contribution in [0, 0.1) is 6.92 Å². The van der Waals surface area contributed by atoms with Crippen LogP contribution in [0.4, 0.5) is 0 Å². The average molecular weight is 316 g/mol. The van der Waals surface area contributed by atoms with Crippen LogP contribution in [0.2, 0.25) is 0 Å². The Kier molecular flexibility index (Phi) is 4.29. The van der Waals surface area contributed by atoms with Gasteiger partial charge in [-0.25, -0.2) is 9.97 Å². The third-order valence-corrected chi connectivity index (χ3v) is 3.87. The van der Waals surface area contributed by atoms with E-state index in [1.165, 1.54) is 6.20 Å². The molecule has 1 aliphatic heterocycles. The number of carbonyl (C=O) groups excluding carboxylic acids is 1. The lowest BCUT2D eigenvalue weighted by atomic mass is 10.2. The third-order valence-electron chi connectivity index (χ3n) is 3.87. The Morgan fingerprint density at radius 3 is 2.87 bits per heavy atom. The van der Waals surface area contributed by atoms with Crippen LogP contribution in [0.15, 0.2) is 24.5 Å². The molecule has 1 atom stereocenters. The van der Waals surface area contributed by atoms with E-state index >= 15 is 0 Å². The standard InChI is InChI=1S/C16H20N4O3/c1-11-9-19(2)15(18-11)13-10-20(6-7-23-13)16(21)12-4-5-14(22-3)17-8-12/h4-5,8-9,13H,6-7,10H2,1-3H3/t13-/m1/s1. The molecule has 2 aromatic heterocycles. The predicted molar refractivity (Wildman–Crippen MR) is 83.3 cm³/mol. The molecule has 1 amide bonds. The van der Waals surface area contributed by atoms with Gasteiger partial charge in [0.25, 0.3) is 5.91 Å². The fraction of sp³-hybridized carbons (Fsp3) is 0.438. The lowest BCUT2D eigenvalue weighted by Gasteiger charge is -2.32. The van der Waals surface area contributed by atoms with Crippen molar-refractivity contribution in [2.75, 3.05) is 26.8 Å². The van der Waals surface area contributed by atoms with Crippen molar-refractivity contribution in [1.82, 2.24) is 19.4 Å². The average Bonchev–Trinajstić information content (AvgIpc) is 2.93. The zero-order chi connectivity index (χ0) is 16.4. The van der Waals surface area contributed by atoms with Gasteiger partial charge in [-0.3, -0.25) is 4.79 Å². The molecule has 0 aliphatic carbocycles. The van der Waals surface area contributed by atoms with Gasteiger partial charge in [0.1, 0.15) is 11.9 Å². The first-order valence-corrected chi connectivity index (χ1v) is 7.49. The largest absolute Gasteiger partial charge is 0.481 e. The van der Waals surface area contributed by atoms with Crippen molar-refractivity contribution in [2.24, 2.45) is 7.05 Å². The van der Waals surface area contributed by atoms with E-state index in [0.717, 1.165) is 11.5 Å². The van der Waals surface area contributed by atoms with Crippen LogP contribution in [-0.2, 0) is 11.8 Å². The molecule has 2 aromatic rings. The Morgan fingerprint density at radius 1 is 1.43 bits per heavy atom. The predicted octanol–water partition coefficient (Wildman–Crippen LogP) is 1.35. The van der Waals surface area contributed by atoms with Crippen LogP contribution >= 0.6 is 0 Å². The number of imidazole rings is 1. The van der Waals surface area contributed by atoms with E-state index in [2.05, 4.69) is 9.97 Å². The monoisotopic (exact) mass is 316 g/mol. The molecule has 0 aromatic carbocycles. The lowest BCUT2D eigenvalue weighted by molar-refractivity contribution is -0.0279. The van der Waals surface area contributed by atoms with Gasteiger partial charge in [-0.15, -0.1) is 0 Å². The van der Waals surface area contributed by atoms with Crippen LogP contribution in [0.3, 0.4) is 0 Å². The number of hydrogen-bond acceptors (Lipinski definition) is 5. The van der Waals surface area contributed by atoms with E-state index < -0.39 is 0 Å². The maximum Gasteiger partial charge on any atom is 0.255 e. The molecule has 0 unspecified atom stereocenters. The molecule has 1 fully saturated rings. The summed E-state index contributed by atoms with van der Waals surface area (Å²) in [5, 5.41) is 0. The number of nitrogens with zero attached hydrogens (tertiary/aromatic N) is 4. The number of pyridine rings is 1. The van der Waals surface area contributed by atoms with Gasteiger partial charge in [0.2, 0.25) is 5.88 Å². The minimum absolute atomic E-state index is 0.0561. The van der Waals surface area contributed by atoms with Crippen molar-refractivity contribution in [3.63, 3.8) is 0 Å². The van der Waals surface area contributed by atoms with Gasteiger partial charge in [0.15, 0.2) is 0 Å². The number of hydrogen-bond donors (Lipinski definition) is 0. The Bertz CT molecular complexity index is 696. The normalized spacial score (nSPS) is 18.0. The molecule has 7 nitrogen and oxygen atoms in total. The number of carbonyl (C=O) groups is 1. The van der Waals surface area contributed by atoms with Gasteiger partial charge in [-0.05, 0) is 13.0 Å². The highest BCUT2D eigenvalue weighted by atomic mass is 16.5. The van der Waals surface area contributed by atoms with Gasteiger partial charge in [0.05, 0.1) is 31.5 Å². The zero-order valence-electron chi connectivity index (χ0n) is 13.5. The number of aromatic nitrogens is 3. The number of amides is 1. The van der Waals surface area contributed by atoms with Crippen molar-refractivity contribution < 1.29 is 14.3 Å². The molecular weight excluding hydrogens is 296 g/mol. The van der Waals surface area contributed by atoms with E-state index in [1.807, 2.05) is 24.7 Å². The summed E-state index contributed by atoms with van der Waals surface area (Å²) in [5.74, 6) is 1.28. The van der Waals surface area contributed by atoms with Gasteiger partial charge in [-0.1, -0.05) is 0 Å². The maximum absolute atomic E-state index is 12.6. The summed E-state index contributed by atoms with van der Waals surface area (Å²) >= 11 is 0. The van der Waals surface area contributed by atoms with E-state index in [9.17, 15) is 4.79 Å². The van der Waals surface area contributed by atoms with E-state index in [1.54, 1.807) is 24.1 Å². The molecule has 0 saturated carbocycles. The van der Waals surface area contributed by atoms with E-state index in [4.69, 9.17) is 9.47 Å². The molecule has 0 N–H and O–H groups in total. The van der Waals surface area contributed by atoms with Crippen LogP contribution in [0.5, 0.6) is 5.88 Å². The minimum Gasteiger partial charge on any atom is -0.481 e. The molecular formula is C16H20N4O3. The highest BCUT2D eigenvalue weighted by molar-refractivity contribution is 5.94. The molecule has 0 spiro atoms. The Morgan fingerprint density at radius 2 is 2.26 bits per heavy atom. The van der Waals surface area contributed by atoms with Gasteiger partial charge in [-0.2, -0.15) is 0 Å². The van der Waals surface area contributed by atoms with Gasteiger partial charge < -0.3 is 18.9 Å². The van der Waals surface area contributed by atoms with Gasteiger partial charge in [0, 0.05) is 32.1 Å². The Balaban J connectivity index is 1.74. The topological polar surface area (TPSA) is 69.5 Å². The summed E-state index contributed by atoms with van der Waals surface area (Å²) in [4.78, 5) is 23.0. The molecule has 1 saturated heterocycles. The summed E-state index contributed by atoms with van der Waals surface area (Å²) in [7, 11) is 3.48. The first kappa shape index (κ1) is 15.5. The minimum atomic E-state index is -0.211. The van der Waals surface area contributed by atoms with Crippen molar-refractivity contribution in [2.45, 2.75) is 13.0 Å². The van der Waals surface area contributed by atoms with Crippen molar-refractivity contribution >= 4 is 5.91 Å². The molecule has 3 rings (SSSR count). The maximum atomic E-state index is 12.6. The molecule has 122 valence electrons. The van der Waals surface area contributed by atoms with Crippen LogP contribution in [0.1, 0.15) is 28.0 Å². The molecule has 23 heavy (non-hydrogen) atoms. The lowest BCUT2D eigenvalue weighted by Crippen LogP contribution is -2.42. The highest BCUT2D eigenvalue weighted by Gasteiger charge is 2.28. The second kappa shape index (κ2) is 6.37. The van der Waals surface area contributed by atoms with Crippen LogP contribution in [-0.4, -0.2) is 52.1 Å². The molecule has 0 radical (unpaired) electrons. The highest BCUT2D eigenvalue weighted by Crippen LogP contribution is 2.22. The summed E-state index contributed by atoms with van der Waals surface area (Å²) < 4.78 is 12.8. The van der Waals surface area contributed by atoms with Crippen molar-refractivity contribution in [3.05, 3.63) is 41.6 Å². The van der Waals surface area contributed by atoms with Crippen LogP contribution < -0.4 is 4.74 Å². The molecule has 7 heteroatoms. The summed E-state index contributed by atoms with van der Waals surface area (Å²) in [6.07, 6.45) is 3.28. The second-order valence-electron chi connectivity index (χ2n) is 5.55. The number of methoxy groups -OCH3 is 1. The first-order chi connectivity index (χ1) is 11.1. The quantitative estimate of drug-likeness (QED) is 0.855. The summed E-state index contributed by atoms with van der Waals surface area (Å²) in [6.45, 7) is 3.48. The fourth-order valence-electron chi connectivity index (χ4n) is 2.73. The molecule has 1 aliphatic rings. The molecule has 0 bridgehead atoms. The van der Waals surface area contributed by atoms with Crippen molar-refractivity contribution in [3.8, 4) is 5.88 Å². The molecule has 3 heterocycles.